The van der Waals surface area contributed by atoms with Gasteiger partial charge in [0.25, 0.3) is 5.91 Å². The van der Waals surface area contributed by atoms with Gasteiger partial charge in [0.05, 0.1) is 5.69 Å². The van der Waals surface area contributed by atoms with Crippen molar-refractivity contribution in [3.63, 3.8) is 0 Å². The summed E-state index contributed by atoms with van der Waals surface area (Å²) in [5.41, 5.74) is 3.10. The molecule has 0 spiro atoms. The van der Waals surface area contributed by atoms with Crippen LogP contribution in [0.2, 0.25) is 0 Å². The lowest BCUT2D eigenvalue weighted by Gasteiger charge is -2.28. The Hall–Kier alpha value is -2.97. The third kappa shape index (κ3) is 3.76. The van der Waals surface area contributed by atoms with Crippen molar-refractivity contribution in [1.82, 2.24) is 4.90 Å². The lowest BCUT2D eigenvalue weighted by atomic mass is 9.97. The largest absolute Gasteiger partial charge is 0.332 e. The van der Waals surface area contributed by atoms with E-state index < -0.39 is 5.54 Å². The maximum Gasteiger partial charge on any atom is 0.332 e. The summed E-state index contributed by atoms with van der Waals surface area (Å²) in [5.74, 6) is -0.205. The van der Waals surface area contributed by atoms with Crippen LogP contribution in [0.25, 0.3) is 0 Å². The lowest BCUT2D eigenvalue weighted by molar-refractivity contribution is -0.123. The van der Waals surface area contributed by atoms with Gasteiger partial charge >= 0.3 is 6.03 Å². The van der Waals surface area contributed by atoms with E-state index in [1.807, 2.05) is 68.4 Å². The lowest BCUT2D eigenvalue weighted by Crippen LogP contribution is -2.43. The second-order valence-electron chi connectivity index (χ2n) is 8.09. The standard InChI is InChI=1S/C25H25N2O2P/c1-25(2)23(28)27(21-13-8-14-22(30)16-21)24(29)26(25)17-20-12-7-6-11-19(20)15-18-9-4-3-5-10-18/h3-14,16H,15,17,30H2,1-2H3. The summed E-state index contributed by atoms with van der Waals surface area (Å²) in [4.78, 5) is 29.5. The van der Waals surface area contributed by atoms with Gasteiger partial charge in [-0.2, -0.15) is 0 Å². The first-order valence-electron chi connectivity index (χ1n) is 10.0. The molecule has 0 aromatic heterocycles. The van der Waals surface area contributed by atoms with Gasteiger partial charge < -0.3 is 4.90 Å². The number of benzene rings is 3. The Labute approximate surface area is 179 Å². The summed E-state index contributed by atoms with van der Waals surface area (Å²) in [5, 5.41) is 0.928. The minimum absolute atomic E-state index is 0.205. The zero-order valence-electron chi connectivity index (χ0n) is 17.2. The molecule has 4 rings (SSSR count). The van der Waals surface area contributed by atoms with Crippen LogP contribution in [0.3, 0.4) is 0 Å². The van der Waals surface area contributed by atoms with E-state index in [1.54, 1.807) is 11.0 Å². The van der Waals surface area contributed by atoms with E-state index in [2.05, 4.69) is 27.4 Å². The van der Waals surface area contributed by atoms with E-state index in [0.717, 1.165) is 22.9 Å². The normalized spacial score (nSPS) is 15.7. The summed E-state index contributed by atoms with van der Waals surface area (Å²) < 4.78 is 0. The predicted octanol–water partition coefficient (Wildman–Crippen LogP) is 4.53. The molecule has 0 N–H and O–H groups in total. The summed E-state index contributed by atoms with van der Waals surface area (Å²) >= 11 is 0. The monoisotopic (exact) mass is 416 g/mol. The Morgan fingerprint density at radius 3 is 2.20 bits per heavy atom. The van der Waals surface area contributed by atoms with Gasteiger partial charge in [-0.15, -0.1) is 9.24 Å². The Morgan fingerprint density at radius 1 is 0.833 bits per heavy atom. The quantitative estimate of drug-likeness (QED) is 0.453. The summed E-state index contributed by atoms with van der Waals surface area (Å²) in [6.45, 7) is 4.02. The van der Waals surface area contributed by atoms with Gasteiger partial charge in [-0.1, -0.05) is 66.7 Å². The van der Waals surface area contributed by atoms with Gasteiger partial charge in [0.1, 0.15) is 5.54 Å². The third-order valence-electron chi connectivity index (χ3n) is 5.64. The third-order valence-corrected chi connectivity index (χ3v) is 6.00. The van der Waals surface area contributed by atoms with E-state index in [9.17, 15) is 9.59 Å². The molecule has 3 aromatic carbocycles. The SMILES string of the molecule is CC1(C)C(=O)N(c2cccc(P)c2)C(=O)N1Cc1ccccc1Cc1ccccc1. The predicted molar refractivity (Wildman–Crippen MR) is 124 cm³/mol. The molecule has 5 heteroatoms. The molecule has 4 nitrogen and oxygen atoms in total. The summed E-state index contributed by atoms with van der Waals surface area (Å²) in [6, 6.07) is 25.5. The van der Waals surface area contributed by atoms with Crippen molar-refractivity contribution in [3.05, 3.63) is 95.6 Å². The molecule has 0 radical (unpaired) electrons. The molecular formula is C25H25N2O2P. The Bertz CT molecular complexity index is 1100. The maximum absolute atomic E-state index is 13.3. The highest BCUT2D eigenvalue weighted by atomic mass is 31.0. The second kappa shape index (κ2) is 8.04. The fraction of sp³-hybridized carbons (Fsp3) is 0.200. The number of carbonyl (C=O) groups is 2. The van der Waals surface area contributed by atoms with Crippen LogP contribution in [0.1, 0.15) is 30.5 Å². The molecular weight excluding hydrogens is 391 g/mol. The molecule has 152 valence electrons. The number of carbonyl (C=O) groups excluding carboxylic acids is 2. The first-order chi connectivity index (χ1) is 14.4. The highest BCUT2D eigenvalue weighted by Gasteiger charge is 2.51. The zero-order valence-corrected chi connectivity index (χ0v) is 18.4. The molecule has 1 unspecified atom stereocenters. The number of hydrogen-bond acceptors (Lipinski definition) is 2. The average Bonchev–Trinajstić information content (AvgIpc) is 2.89. The first-order valence-corrected chi connectivity index (χ1v) is 10.6. The average molecular weight is 416 g/mol. The molecule has 1 aliphatic rings. The molecule has 0 bridgehead atoms. The molecule has 3 aromatic rings. The highest BCUT2D eigenvalue weighted by Crippen LogP contribution is 2.33. The second-order valence-corrected chi connectivity index (χ2v) is 8.76. The number of hydrogen-bond donors (Lipinski definition) is 0. The fourth-order valence-electron chi connectivity index (χ4n) is 3.86. The number of anilines is 1. The van der Waals surface area contributed by atoms with Gasteiger partial charge in [-0.25, -0.2) is 9.69 Å². The minimum Gasteiger partial charge on any atom is -0.305 e. The maximum atomic E-state index is 13.3. The van der Waals surface area contributed by atoms with Gasteiger partial charge in [0, 0.05) is 6.54 Å². The van der Waals surface area contributed by atoms with Crippen LogP contribution in [0.15, 0.2) is 78.9 Å². The van der Waals surface area contributed by atoms with Gasteiger partial charge in [0.2, 0.25) is 0 Å². The molecule has 1 saturated heterocycles. The molecule has 3 amide bonds. The molecule has 1 aliphatic heterocycles. The van der Waals surface area contributed by atoms with E-state index in [-0.39, 0.29) is 11.9 Å². The first kappa shape index (κ1) is 20.3. The molecule has 0 saturated carbocycles. The minimum atomic E-state index is -0.923. The number of amides is 3. The fourth-order valence-corrected chi connectivity index (χ4v) is 4.14. The summed E-state index contributed by atoms with van der Waals surface area (Å²) in [7, 11) is 2.61. The van der Waals surface area contributed by atoms with Crippen molar-refractivity contribution in [2.75, 3.05) is 4.90 Å². The van der Waals surface area contributed by atoms with Crippen LogP contribution in [0.5, 0.6) is 0 Å². The van der Waals surface area contributed by atoms with E-state index in [4.69, 9.17) is 0 Å². The number of nitrogens with zero attached hydrogens (tertiary/aromatic N) is 2. The molecule has 30 heavy (non-hydrogen) atoms. The van der Waals surface area contributed by atoms with Crippen molar-refractivity contribution >= 4 is 32.2 Å². The van der Waals surface area contributed by atoms with Crippen LogP contribution in [0.4, 0.5) is 10.5 Å². The van der Waals surface area contributed by atoms with Gasteiger partial charge in [-0.3, -0.25) is 4.79 Å². The Kier molecular flexibility index (Phi) is 5.44. The highest BCUT2D eigenvalue weighted by molar-refractivity contribution is 7.27. The van der Waals surface area contributed by atoms with Crippen molar-refractivity contribution < 1.29 is 9.59 Å². The smallest absolute Gasteiger partial charge is 0.305 e. The van der Waals surface area contributed by atoms with E-state index in [0.29, 0.717) is 12.2 Å². The van der Waals surface area contributed by atoms with Crippen LogP contribution in [-0.2, 0) is 17.8 Å². The van der Waals surface area contributed by atoms with E-state index >= 15 is 0 Å². The van der Waals surface area contributed by atoms with Crippen molar-refractivity contribution in [2.24, 2.45) is 0 Å². The Balaban J connectivity index is 1.65. The van der Waals surface area contributed by atoms with Gasteiger partial charge in [0.15, 0.2) is 0 Å². The number of imide groups is 1. The van der Waals surface area contributed by atoms with E-state index in [1.165, 1.54) is 10.5 Å². The van der Waals surface area contributed by atoms with Gasteiger partial charge in [-0.05, 0) is 54.4 Å². The van der Waals surface area contributed by atoms with Crippen LogP contribution >= 0.6 is 9.24 Å². The van der Waals surface area contributed by atoms with Crippen molar-refractivity contribution in [1.29, 1.82) is 0 Å². The number of rotatable bonds is 5. The van der Waals surface area contributed by atoms with Crippen LogP contribution < -0.4 is 10.2 Å². The molecule has 1 atom stereocenters. The molecule has 1 fully saturated rings. The van der Waals surface area contributed by atoms with Crippen LogP contribution in [0, 0.1) is 0 Å². The topological polar surface area (TPSA) is 40.6 Å². The molecule has 0 aliphatic carbocycles. The van der Waals surface area contributed by atoms with Crippen LogP contribution in [-0.4, -0.2) is 22.4 Å². The van der Waals surface area contributed by atoms with Crippen molar-refractivity contribution in [3.8, 4) is 0 Å². The number of urea groups is 1. The summed E-state index contributed by atoms with van der Waals surface area (Å²) in [6.07, 6.45) is 0.784. The zero-order chi connectivity index (χ0) is 21.3. The van der Waals surface area contributed by atoms with Crippen molar-refractivity contribution in [2.45, 2.75) is 32.4 Å². The Morgan fingerprint density at radius 2 is 1.50 bits per heavy atom. The molecule has 1 heterocycles.